The zero-order valence-corrected chi connectivity index (χ0v) is 18.7. The first kappa shape index (κ1) is 22.1. The van der Waals surface area contributed by atoms with E-state index >= 15 is 0 Å². The van der Waals surface area contributed by atoms with Crippen LogP contribution in [0.15, 0.2) is 41.3 Å². The maximum absolute atomic E-state index is 13.0. The van der Waals surface area contributed by atoms with E-state index in [1.807, 2.05) is 53.7 Å². The van der Waals surface area contributed by atoms with E-state index in [0.717, 1.165) is 11.1 Å². The van der Waals surface area contributed by atoms with Crippen LogP contribution in [-0.4, -0.2) is 16.0 Å². The summed E-state index contributed by atoms with van der Waals surface area (Å²) < 4.78 is 0. The number of anilines is 1. The molecule has 1 aromatic heterocycles. The minimum Gasteiger partial charge on any atom is -0.508 e. The highest BCUT2D eigenvalue weighted by Gasteiger charge is 2.26. The monoisotopic (exact) mass is 417 g/mol. The fourth-order valence-electron chi connectivity index (χ4n) is 3.56. The highest BCUT2D eigenvalue weighted by atomic mass is 16.3. The molecule has 1 heterocycles. The summed E-state index contributed by atoms with van der Waals surface area (Å²) in [5.74, 6) is -0.499. The Kier molecular flexibility index (Phi) is 5.41. The number of nitrogens with zero attached hydrogens (tertiary/aromatic N) is 1. The molecular formula is C25H27N3O3. The molecule has 0 radical (unpaired) electrons. The van der Waals surface area contributed by atoms with Gasteiger partial charge >= 0.3 is 0 Å². The lowest BCUT2D eigenvalue weighted by Crippen LogP contribution is -2.25. The molecule has 0 saturated carbocycles. The Hall–Kier alpha value is -3.59. The Morgan fingerprint density at radius 2 is 1.68 bits per heavy atom. The molecule has 0 saturated heterocycles. The van der Waals surface area contributed by atoms with Crippen LogP contribution in [0.3, 0.4) is 0 Å². The SMILES string of the molecule is CC(C)(C)c1cc(C(C)(C)C)c(NC(=O)c2c[nH]c3ccc(C#N)cc3c2=O)cc1O. The average Bonchev–Trinajstić information content (AvgIpc) is 2.66. The molecule has 0 bridgehead atoms. The van der Waals surface area contributed by atoms with Gasteiger partial charge in [-0.2, -0.15) is 5.26 Å². The predicted molar refractivity (Wildman–Crippen MR) is 123 cm³/mol. The van der Waals surface area contributed by atoms with Gasteiger partial charge in [0.05, 0.1) is 11.6 Å². The maximum atomic E-state index is 13.0. The number of rotatable bonds is 2. The van der Waals surface area contributed by atoms with Gasteiger partial charge in [-0.25, -0.2) is 0 Å². The number of aromatic nitrogens is 1. The summed E-state index contributed by atoms with van der Waals surface area (Å²) in [5, 5.41) is 22.8. The summed E-state index contributed by atoms with van der Waals surface area (Å²) >= 11 is 0. The summed E-state index contributed by atoms with van der Waals surface area (Å²) in [7, 11) is 0. The van der Waals surface area contributed by atoms with Crippen molar-refractivity contribution in [2.45, 2.75) is 52.4 Å². The van der Waals surface area contributed by atoms with Crippen molar-refractivity contribution >= 4 is 22.5 Å². The summed E-state index contributed by atoms with van der Waals surface area (Å²) in [4.78, 5) is 28.9. The number of nitriles is 1. The number of carbonyl (C=O) groups excluding carboxylic acids is 1. The summed E-state index contributed by atoms with van der Waals surface area (Å²) in [6.45, 7) is 12.1. The lowest BCUT2D eigenvalue weighted by Gasteiger charge is -2.28. The zero-order valence-electron chi connectivity index (χ0n) is 18.7. The second kappa shape index (κ2) is 7.59. The second-order valence-electron chi connectivity index (χ2n) is 9.77. The quantitative estimate of drug-likeness (QED) is 0.548. The van der Waals surface area contributed by atoms with Gasteiger partial charge in [0.25, 0.3) is 5.91 Å². The number of nitrogens with one attached hydrogen (secondary N) is 2. The van der Waals surface area contributed by atoms with Gasteiger partial charge in [-0.05, 0) is 46.2 Å². The van der Waals surface area contributed by atoms with Gasteiger partial charge in [0.1, 0.15) is 11.3 Å². The lowest BCUT2D eigenvalue weighted by molar-refractivity contribution is 0.102. The molecule has 6 nitrogen and oxygen atoms in total. The first-order valence-electron chi connectivity index (χ1n) is 10.1. The van der Waals surface area contributed by atoms with E-state index in [4.69, 9.17) is 5.26 Å². The molecule has 3 rings (SSSR count). The van der Waals surface area contributed by atoms with Gasteiger partial charge in [0.15, 0.2) is 0 Å². The fourth-order valence-corrected chi connectivity index (χ4v) is 3.56. The Morgan fingerprint density at radius 1 is 1.03 bits per heavy atom. The third-order valence-electron chi connectivity index (χ3n) is 5.25. The van der Waals surface area contributed by atoms with E-state index in [1.165, 1.54) is 12.3 Å². The van der Waals surface area contributed by atoms with Crippen molar-refractivity contribution in [1.29, 1.82) is 5.26 Å². The predicted octanol–water partition coefficient (Wildman–Crippen LogP) is 4.95. The topological polar surface area (TPSA) is 106 Å². The number of amides is 1. The van der Waals surface area contributed by atoms with E-state index in [2.05, 4.69) is 10.3 Å². The van der Waals surface area contributed by atoms with Gasteiger partial charge in [-0.3, -0.25) is 9.59 Å². The van der Waals surface area contributed by atoms with Crippen molar-refractivity contribution in [3.05, 3.63) is 69.0 Å². The van der Waals surface area contributed by atoms with E-state index in [-0.39, 0.29) is 27.5 Å². The number of benzene rings is 2. The number of pyridine rings is 1. The molecule has 31 heavy (non-hydrogen) atoms. The number of H-pyrrole nitrogens is 1. The van der Waals surface area contributed by atoms with Crippen LogP contribution in [0.4, 0.5) is 5.69 Å². The van der Waals surface area contributed by atoms with Crippen molar-refractivity contribution < 1.29 is 9.90 Å². The standard InChI is InChI=1S/C25H27N3O3/c1-24(2,3)17-10-18(25(4,5)6)21(29)11-20(17)28-23(31)16-13-27-19-8-7-14(12-26)9-15(19)22(16)30/h7-11,13,29H,1-6H3,(H,27,30)(H,28,31). The van der Waals surface area contributed by atoms with Crippen molar-refractivity contribution in [2.75, 3.05) is 5.32 Å². The molecule has 0 atom stereocenters. The molecule has 0 aliphatic rings. The second-order valence-corrected chi connectivity index (χ2v) is 9.77. The van der Waals surface area contributed by atoms with Crippen LogP contribution in [0.1, 0.15) is 68.6 Å². The molecule has 3 aromatic rings. The number of carbonyl (C=O) groups is 1. The van der Waals surface area contributed by atoms with Crippen LogP contribution in [0.2, 0.25) is 0 Å². The van der Waals surface area contributed by atoms with Crippen molar-refractivity contribution in [3.63, 3.8) is 0 Å². The van der Waals surface area contributed by atoms with Crippen LogP contribution in [0.25, 0.3) is 10.9 Å². The number of phenols is 1. The number of fused-ring (bicyclic) bond motifs is 1. The highest BCUT2D eigenvalue weighted by Crippen LogP contribution is 2.39. The molecule has 0 fully saturated rings. The molecule has 160 valence electrons. The van der Waals surface area contributed by atoms with Crippen LogP contribution in [0.5, 0.6) is 5.75 Å². The minimum atomic E-state index is -0.584. The third kappa shape index (κ3) is 4.31. The van der Waals surface area contributed by atoms with Crippen molar-refractivity contribution in [3.8, 4) is 11.8 Å². The molecular weight excluding hydrogens is 390 g/mol. The van der Waals surface area contributed by atoms with Crippen LogP contribution >= 0.6 is 0 Å². The van der Waals surface area contributed by atoms with Gasteiger partial charge in [-0.15, -0.1) is 0 Å². The third-order valence-corrected chi connectivity index (χ3v) is 5.25. The van der Waals surface area contributed by atoms with Gasteiger partial charge in [0.2, 0.25) is 5.43 Å². The van der Waals surface area contributed by atoms with E-state index < -0.39 is 11.3 Å². The van der Waals surface area contributed by atoms with E-state index in [0.29, 0.717) is 16.8 Å². The Bertz CT molecular complexity index is 1280. The lowest BCUT2D eigenvalue weighted by atomic mass is 9.79. The summed E-state index contributed by atoms with van der Waals surface area (Å²) in [5.41, 5.74) is 1.85. The maximum Gasteiger partial charge on any atom is 0.261 e. The summed E-state index contributed by atoms with van der Waals surface area (Å²) in [6.07, 6.45) is 1.37. The van der Waals surface area contributed by atoms with E-state index in [9.17, 15) is 14.7 Å². The van der Waals surface area contributed by atoms with Gasteiger partial charge in [-0.1, -0.05) is 41.5 Å². The molecule has 1 amide bonds. The molecule has 0 aliphatic heterocycles. The van der Waals surface area contributed by atoms with Crippen LogP contribution in [-0.2, 0) is 10.8 Å². The van der Waals surface area contributed by atoms with E-state index in [1.54, 1.807) is 18.2 Å². The Balaban J connectivity index is 2.10. The largest absolute Gasteiger partial charge is 0.508 e. The summed E-state index contributed by atoms with van der Waals surface area (Å²) in [6, 6.07) is 10.2. The number of phenolic OH excluding ortho intramolecular Hbond substituents is 1. The number of hydrogen-bond acceptors (Lipinski definition) is 4. The molecule has 0 aliphatic carbocycles. The number of aromatic hydroxyl groups is 1. The number of hydrogen-bond donors (Lipinski definition) is 3. The fraction of sp³-hybridized carbons (Fsp3) is 0.320. The van der Waals surface area contributed by atoms with Gasteiger partial charge < -0.3 is 15.4 Å². The van der Waals surface area contributed by atoms with Crippen LogP contribution < -0.4 is 10.7 Å². The Labute approximate surface area is 181 Å². The average molecular weight is 418 g/mol. The van der Waals surface area contributed by atoms with Gasteiger partial charge in [0, 0.05) is 28.9 Å². The molecule has 0 spiro atoms. The molecule has 0 unspecified atom stereocenters. The molecule has 6 heteroatoms. The van der Waals surface area contributed by atoms with Crippen molar-refractivity contribution in [2.24, 2.45) is 0 Å². The minimum absolute atomic E-state index is 0.0677. The Morgan fingerprint density at radius 3 is 2.26 bits per heavy atom. The number of aromatic amines is 1. The first-order chi connectivity index (χ1) is 14.3. The first-order valence-corrected chi connectivity index (χ1v) is 10.1. The highest BCUT2D eigenvalue weighted by molar-refractivity contribution is 6.06. The normalized spacial score (nSPS) is 11.9. The zero-order chi connectivity index (χ0) is 23.1. The smallest absolute Gasteiger partial charge is 0.261 e. The van der Waals surface area contributed by atoms with Crippen LogP contribution in [0, 0.1) is 11.3 Å². The molecule has 3 N–H and O–H groups in total. The molecule has 2 aromatic carbocycles. The van der Waals surface area contributed by atoms with Crippen molar-refractivity contribution in [1.82, 2.24) is 4.98 Å².